The molecule has 2 aromatic rings. The Hall–Kier alpha value is -2.28. The second kappa shape index (κ2) is 13.4. The van der Waals surface area contributed by atoms with E-state index in [1.165, 1.54) is 5.56 Å². The summed E-state index contributed by atoms with van der Waals surface area (Å²) in [6, 6.07) is 16.0. The molecule has 0 fully saturated rings. The summed E-state index contributed by atoms with van der Waals surface area (Å²) >= 11 is 0. The number of aliphatic hydroxyl groups is 6. The lowest BCUT2D eigenvalue weighted by Gasteiger charge is -2.29. The molecule has 0 aromatic heterocycles. The van der Waals surface area contributed by atoms with Gasteiger partial charge in [-0.15, -0.1) is 5.73 Å². The zero-order valence-electron chi connectivity index (χ0n) is 19.3. The summed E-state index contributed by atoms with van der Waals surface area (Å²) in [6.45, 7) is 3.34. The van der Waals surface area contributed by atoms with Gasteiger partial charge in [0.15, 0.2) is 0 Å². The minimum atomic E-state index is -1.86. The summed E-state index contributed by atoms with van der Waals surface area (Å²) in [5, 5.41) is 60.1. The van der Waals surface area contributed by atoms with Gasteiger partial charge in [-0.3, -0.25) is 0 Å². The fourth-order valence-corrected chi connectivity index (χ4v) is 3.63. The quantitative estimate of drug-likeness (QED) is 0.269. The number of benzene rings is 2. The molecule has 33 heavy (non-hydrogen) atoms. The number of aryl methyl sites for hydroxylation is 2. The molecule has 6 N–H and O–H groups in total. The zero-order valence-corrected chi connectivity index (χ0v) is 19.3. The van der Waals surface area contributed by atoms with Gasteiger partial charge in [0.1, 0.15) is 30.5 Å². The SMILES string of the molecule is CCc1cccc(CC=C=C(Cc2cccc(CC)c2)C(O)[C@@H](O)[C@@H](O)[C@H](O)[C@@H](O)CO)c1. The van der Waals surface area contributed by atoms with E-state index in [0.717, 1.165) is 29.5 Å². The van der Waals surface area contributed by atoms with Crippen molar-refractivity contribution in [2.45, 2.75) is 70.1 Å². The van der Waals surface area contributed by atoms with Gasteiger partial charge in [0, 0.05) is 12.0 Å². The van der Waals surface area contributed by atoms with Gasteiger partial charge in [0.2, 0.25) is 0 Å². The van der Waals surface area contributed by atoms with Crippen LogP contribution in [-0.2, 0) is 25.7 Å². The van der Waals surface area contributed by atoms with E-state index in [1.54, 1.807) is 6.08 Å². The third kappa shape index (κ3) is 7.91. The Morgan fingerprint density at radius 3 is 1.91 bits per heavy atom. The van der Waals surface area contributed by atoms with Crippen molar-refractivity contribution in [2.24, 2.45) is 0 Å². The molecule has 0 spiro atoms. The topological polar surface area (TPSA) is 121 Å². The average Bonchev–Trinajstić information content (AvgIpc) is 2.85. The standard InChI is InChI=1S/C27H36O6/c1-3-18-8-5-10-20(14-18)11-7-13-22(16-21-12-6-9-19(4-2)15-21)24(30)26(32)27(33)25(31)23(29)17-28/h5-10,12,14-15,23-33H,3-4,11,16-17H2,1-2H3/t13?,23-,24?,25+,26+,27-/m0/s1. The Kier molecular flexibility index (Phi) is 11.0. The molecule has 2 aromatic carbocycles. The van der Waals surface area contributed by atoms with Crippen LogP contribution in [0.4, 0.5) is 0 Å². The molecule has 1 unspecified atom stereocenters. The molecule has 5 atom stereocenters. The fraction of sp³-hybridized carbons (Fsp3) is 0.444. The molecular weight excluding hydrogens is 420 g/mol. The van der Waals surface area contributed by atoms with Gasteiger partial charge < -0.3 is 30.6 Å². The predicted octanol–water partition coefficient (Wildman–Crippen LogP) is 1.47. The van der Waals surface area contributed by atoms with E-state index in [-0.39, 0.29) is 6.42 Å². The lowest BCUT2D eigenvalue weighted by atomic mass is 9.91. The Balaban J connectivity index is 2.32. The first-order valence-corrected chi connectivity index (χ1v) is 11.4. The molecule has 0 aliphatic carbocycles. The van der Waals surface area contributed by atoms with E-state index in [9.17, 15) is 25.5 Å². The van der Waals surface area contributed by atoms with E-state index in [4.69, 9.17) is 5.11 Å². The van der Waals surface area contributed by atoms with Crippen LogP contribution in [0.15, 0.2) is 65.9 Å². The second-order valence-corrected chi connectivity index (χ2v) is 8.27. The molecular formula is C27H36O6. The minimum absolute atomic E-state index is 0.281. The zero-order chi connectivity index (χ0) is 24.4. The number of hydrogen-bond donors (Lipinski definition) is 6. The second-order valence-electron chi connectivity index (χ2n) is 8.27. The van der Waals surface area contributed by atoms with Crippen LogP contribution in [0.5, 0.6) is 0 Å². The third-order valence-electron chi connectivity index (χ3n) is 5.78. The van der Waals surface area contributed by atoms with E-state index in [1.807, 2.05) is 43.3 Å². The summed E-state index contributed by atoms with van der Waals surface area (Å²) in [5.74, 6) is 0. The normalized spacial score (nSPS) is 15.8. The fourth-order valence-electron chi connectivity index (χ4n) is 3.63. The Labute approximate surface area is 195 Å². The Morgan fingerprint density at radius 1 is 0.788 bits per heavy atom. The van der Waals surface area contributed by atoms with Crippen molar-refractivity contribution < 1.29 is 30.6 Å². The largest absolute Gasteiger partial charge is 0.394 e. The van der Waals surface area contributed by atoms with Gasteiger partial charge in [-0.1, -0.05) is 62.4 Å². The Bertz CT molecular complexity index is 934. The van der Waals surface area contributed by atoms with Crippen LogP contribution in [0, 0.1) is 0 Å². The summed E-state index contributed by atoms with van der Waals surface area (Å²) in [7, 11) is 0. The summed E-state index contributed by atoms with van der Waals surface area (Å²) < 4.78 is 0. The molecule has 0 amide bonds. The predicted molar refractivity (Wildman–Crippen MR) is 128 cm³/mol. The molecule has 0 aliphatic rings. The summed E-state index contributed by atoms with van der Waals surface area (Å²) in [6.07, 6.45) is -4.23. The van der Waals surface area contributed by atoms with E-state index in [0.29, 0.717) is 12.0 Å². The monoisotopic (exact) mass is 456 g/mol. The van der Waals surface area contributed by atoms with E-state index in [2.05, 4.69) is 24.8 Å². The van der Waals surface area contributed by atoms with Crippen LogP contribution in [-0.4, -0.2) is 67.8 Å². The van der Waals surface area contributed by atoms with E-state index >= 15 is 0 Å². The van der Waals surface area contributed by atoms with Crippen LogP contribution < -0.4 is 0 Å². The van der Waals surface area contributed by atoms with Crippen molar-refractivity contribution in [2.75, 3.05) is 6.61 Å². The number of rotatable bonds is 12. The van der Waals surface area contributed by atoms with Gasteiger partial charge in [-0.05, 0) is 47.6 Å². The first-order chi connectivity index (χ1) is 15.8. The van der Waals surface area contributed by atoms with Crippen molar-refractivity contribution in [3.8, 4) is 0 Å². The van der Waals surface area contributed by atoms with Crippen LogP contribution in [0.2, 0.25) is 0 Å². The molecule has 6 nitrogen and oxygen atoms in total. The number of hydrogen-bond acceptors (Lipinski definition) is 6. The lowest BCUT2D eigenvalue weighted by molar-refractivity contribution is -0.134. The molecule has 0 aliphatic heterocycles. The third-order valence-corrected chi connectivity index (χ3v) is 5.78. The van der Waals surface area contributed by atoms with Gasteiger partial charge in [0.25, 0.3) is 0 Å². The maximum absolute atomic E-state index is 10.8. The van der Waals surface area contributed by atoms with Gasteiger partial charge in [-0.25, -0.2) is 0 Å². The van der Waals surface area contributed by atoms with Crippen LogP contribution in [0.3, 0.4) is 0 Å². The highest BCUT2D eigenvalue weighted by atomic mass is 16.4. The molecule has 0 radical (unpaired) electrons. The molecule has 2 rings (SSSR count). The minimum Gasteiger partial charge on any atom is -0.394 e. The average molecular weight is 457 g/mol. The van der Waals surface area contributed by atoms with Gasteiger partial charge >= 0.3 is 0 Å². The molecule has 0 bridgehead atoms. The smallest absolute Gasteiger partial charge is 0.113 e. The first kappa shape index (κ1) is 27.0. The number of aliphatic hydroxyl groups excluding tert-OH is 6. The van der Waals surface area contributed by atoms with Gasteiger partial charge in [0.05, 0.1) is 6.61 Å². The molecule has 0 saturated carbocycles. The molecule has 180 valence electrons. The maximum atomic E-state index is 10.8. The molecule has 0 heterocycles. The van der Waals surface area contributed by atoms with Gasteiger partial charge in [-0.2, -0.15) is 0 Å². The van der Waals surface area contributed by atoms with Crippen molar-refractivity contribution in [3.63, 3.8) is 0 Å². The van der Waals surface area contributed by atoms with Crippen molar-refractivity contribution >= 4 is 0 Å². The highest BCUT2D eigenvalue weighted by molar-refractivity contribution is 5.30. The maximum Gasteiger partial charge on any atom is 0.113 e. The van der Waals surface area contributed by atoms with Crippen molar-refractivity contribution in [1.82, 2.24) is 0 Å². The van der Waals surface area contributed by atoms with E-state index < -0.39 is 37.1 Å². The van der Waals surface area contributed by atoms with Crippen LogP contribution in [0.25, 0.3) is 0 Å². The molecule has 6 heteroatoms. The highest BCUT2D eigenvalue weighted by Gasteiger charge is 2.35. The Morgan fingerprint density at radius 2 is 1.33 bits per heavy atom. The first-order valence-electron chi connectivity index (χ1n) is 11.4. The highest BCUT2D eigenvalue weighted by Crippen LogP contribution is 2.19. The molecule has 0 saturated heterocycles. The lowest BCUT2D eigenvalue weighted by Crippen LogP contribution is -2.50. The summed E-state index contributed by atoms with van der Waals surface area (Å²) in [5.41, 5.74) is 7.77. The van der Waals surface area contributed by atoms with Crippen molar-refractivity contribution in [3.05, 3.63) is 88.2 Å². The summed E-state index contributed by atoms with van der Waals surface area (Å²) in [4.78, 5) is 0. The van der Waals surface area contributed by atoms with Crippen LogP contribution >= 0.6 is 0 Å². The van der Waals surface area contributed by atoms with Crippen molar-refractivity contribution in [1.29, 1.82) is 0 Å². The van der Waals surface area contributed by atoms with Crippen LogP contribution in [0.1, 0.15) is 36.1 Å².